The molecule has 1 aliphatic rings. The minimum absolute atomic E-state index is 0.528. The number of nitrogens with one attached hydrogen (secondary N) is 1. The van der Waals surface area contributed by atoms with E-state index in [0.29, 0.717) is 6.04 Å². The second-order valence-electron chi connectivity index (χ2n) is 3.98. The number of aromatic nitrogens is 2. The lowest BCUT2D eigenvalue weighted by atomic mass is 10.3. The van der Waals surface area contributed by atoms with Crippen LogP contribution in [-0.2, 0) is 6.54 Å². The fraction of sp³-hybridized carbons (Fsp3) is 0.700. The van der Waals surface area contributed by atoms with E-state index in [4.69, 9.17) is 0 Å². The molecule has 0 spiro atoms. The van der Waals surface area contributed by atoms with Crippen molar-refractivity contribution in [2.45, 2.75) is 32.4 Å². The highest BCUT2D eigenvalue weighted by molar-refractivity contribution is 4.80. The predicted molar refractivity (Wildman–Crippen MR) is 52.4 cm³/mol. The van der Waals surface area contributed by atoms with E-state index in [1.54, 1.807) is 0 Å². The Kier molecular flexibility index (Phi) is 2.64. The van der Waals surface area contributed by atoms with Crippen molar-refractivity contribution in [1.82, 2.24) is 15.1 Å². The molecular weight excluding hydrogens is 162 g/mol. The van der Waals surface area contributed by atoms with E-state index in [2.05, 4.69) is 17.3 Å². The maximum Gasteiger partial charge on any atom is 0.0559 e. The Morgan fingerprint density at radius 2 is 2.46 bits per heavy atom. The summed E-state index contributed by atoms with van der Waals surface area (Å²) in [6, 6.07) is 2.49. The normalized spacial score (nSPS) is 18.8. The third-order valence-corrected chi connectivity index (χ3v) is 2.47. The summed E-state index contributed by atoms with van der Waals surface area (Å²) in [5.41, 5.74) is 0. The molecule has 0 aromatic carbocycles. The molecule has 1 saturated carbocycles. The van der Waals surface area contributed by atoms with Gasteiger partial charge >= 0.3 is 0 Å². The SMILES string of the molecule is CC(Cn1cccn1)NCC1CC1. The van der Waals surface area contributed by atoms with Gasteiger partial charge in [0.1, 0.15) is 0 Å². The van der Waals surface area contributed by atoms with Crippen molar-refractivity contribution in [3.63, 3.8) is 0 Å². The maximum atomic E-state index is 4.18. The van der Waals surface area contributed by atoms with Crippen molar-refractivity contribution in [2.75, 3.05) is 6.54 Å². The van der Waals surface area contributed by atoms with Crippen LogP contribution in [0.5, 0.6) is 0 Å². The minimum Gasteiger partial charge on any atom is -0.312 e. The van der Waals surface area contributed by atoms with E-state index in [0.717, 1.165) is 12.5 Å². The molecule has 0 radical (unpaired) electrons. The first-order chi connectivity index (χ1) is 6.34. The summed E-state index contributed by atoms with van der Waals surface area (Å²) in [6.07, 6.45) is 6.67. The van der Waals surface area contributed by atoms with E-state index in [9.17, 15) is 0 Å². The molecule has 1 aromatic rings. The summed E-state index contributed by atoms with van der Waals surface area (Å²) in [6.45, 7) is 4.37. The summed E-state index contributed by atoms with van der Waals surface area (Å²) in [4.78, 5) is 0. The molecule has 1 fully saturated rings. The fourth-order valence-corrected chi connectivity index (χ4v) is 1.44. The van der Waals surface area contributed by atoms with Crippen LogP contribution in [0.15, 0.2) is 18.5 Å². The number of hydrogen-bond donors (Lipinski definition) is 1. The predicted octanol–water partition coefficient (Wildman–Crippen LogP) is 1.27. The van der Waals surface area contributed by atoms with Gasteiger partial charge < -0.3 is 5.32 Å². The average Bonchev–Trinajstić information content (AvgIpc) is 2.82. The van der Waals surface area contributed by atoms with Gasteiger partial charge in [0, 0.05) is 18.4 Å². The van der Waals surface area contributed by atoms with Crippen LogP contribution >= 0.6 is 0 Å². The van der Waals surface area contributed by atoms with Gasteiger partial charge in [-0.1, -0.05) is 0 Å². The highest BCUT2D eigenvalue weighted by atomic mass is 15.3. The number of rotatable bonds is 5. The molecule has 1 aliphatic carbocycles. The first-order valence-electron chi connectivity index (χ1n) is 5.05. The van der Waals surface area contributed by atoms with Crippen molar-refractivity contribution >= 4 is 0 Å². The van der Waals surface area contributed by atoms with Gasteiger partial charge in [0.05, 0.1) is 6.54 Å². The van der Waals surface area contributed by atoms with Crippen LogP contribution < -0.4 is 5.32 Å². The molecular formula is C10H17N3. The molecule has 13 heavy (non-hydrogen) atoms. The molecule has 1 N–H and O–H groups in total. The van der Waals surface area contributed by atoms with Crippen LogP contribution in [0.1, 0.15) is 19.8 Å². The van der Waals surface area contributed by atoms with Crippen LogP contribution in [0, 0.1) is 5.92 Å². The molecule has 1 unspecified atom stereocenters. The van der Waals surface area contributed by atoms with E-state index in [-0.39, 0.29) is 0 Å². The largest absolute Gasteiger partial charge is 0.312 e. The van der Waals surface area contributed by atoms with E-state index < -0.39 is 0 Å². The van der Waals surface area contributed by atoms with E-state index in [1.807, 2.05) is 23.1 Å². The molecule has 0 aliphatic heterocycles. The lowest BCUT2D eigenvalue weighted by Crippen LogP contribution is -2.32. The summed E-state index contributed by atoms with van der Waals surface area (Å²) < 4.78 is 1.98. The van der Waals surface area contributed by atoms with Gasteiger partial charge in [-0.2, -0.15) is 5.10 Å². The molecule has 1 heterocycles. The van der Waals surface area contributed by atoms with Gasteiger partial charge in [-0.25, -0.2) is 0 Å². The summed E-state index contributed by atoms with van der Waals surface area (Å²) >= 11 is 0. The molecule has 3 nitrogen and oxygen atoms in total. The quantitative estimate of drug-likeness (QED) is 0.737. The Morgan fingerprint density at radius 1 is 1.62 bits per heavy atom. The number of nitrogens with zero attached hydrogens (tertiary/aromatic N) is 2. The first kappa shape index (κ1) is 8.75. The van der Waals surface area contributed by atoms with Crippen molar-refractivity contribution in [3.05, 3.63) is 18.5 Å². The maximum absolute atomic E-state index is 4.18. The zero-order valence-electron chi connectivity index (χ0n) is 8.11. The minimum atomic E-state index is 0.528. The molecule has 0 amide bonds. The van der Waals surface area contributed by atoms with Crippen LogP contribution in [0.4, 0.5) is 0 Å². The summed E-state index contributed by atoms with van der Waals surface area (Å²) in [5, 5.41) is 7.70. The second-order valence-corrected chi connectivity index (χ2v) is 3.98. The summed E-state index contributed by atoms with van der Waals surface area (Å²) in [7, 11) is 0. The molecule has 1 aromatic heterocycles. The third kappa shape index (κ3) is 2.84. The Morgan fingerprint density at radius 3 is 3.08 bits per heavy atom. The molecule has 0 saturated heterocycles. The third-order valence-electron chi connectivity index (χ3n) is 2.47. The van der Waals surface area contributed by atoms with Gasteiger partial charge in [0.15, 0.2) is 0 Å². The van der Waals surface area contributed by atoms with Gasteiger partial charge in [0.2, 0.25) is 0 Å². The smallest absolute Gasteiger partial charge is 0.0559 e. The topological polar surface area (TPSA) is 29.9 Å². The molecule has 2 rings (SSSR count). The Hall–Kier alpha value is -0.830. The van der Waals surface area contributed by atoms with Crippen molar-refractivity contribution < 1.29 is 0 Å². The Bertz CT molecular complexity index is 239. The average molecular weight is 179 g/mol. The number of hydrogen-bond acceptors (Lipinski definition) is 2. The zero-order valence-corrected chi connectivity index (χ0v) is 8.11. The van der Waals surface area contributed by atoms with Crippen LogP contribution in [0.25, 0.3) is 0 Å². The fourth-order valence-electron chi connectivity index (χ4n) is 1.44. The monoisotopic (exact) mass is 179 g/mol. The van der Waals surface area contributed by atoms with Gasteiger partial charge in [-0.05, 0) is 38.3 Å². The van der Waals surface area contributed by atoms with E-state index in [1.165, 1.54) is 19.4 Å². The standard InChI is InChI=1S/C10H17N3/c1-9(11-7-10-3-4-10)8-13-6-2-5-12-13/h2,5-6,9-11H,3-4,7-8H2,1H3. The first-order valence-corrected chi connectivity index (χ1v) is 5.05. The highest BCUT2D eigenvalue weighted by Crippen LogP contribution is 2.27. The lowest BCUT2D eigenvalue weighted by molar-refractivity contribution is 0.444. The van der Waals surface area contributed by atoms with Crippen LogP contribution in [0.3, 0.4) is 0 Å². The van der Waals surface area contributed by atoms with E-state index >= 15 is 0 Å². The highest BCUT2D eigenvalue weighted by Gasteiger charge is 2.21. The van der Waals surface area contributed by atoms with Crippen molar-refractivity contribution in [1.29, 1.82) is 0 Å². The molecule has 3 heteroatoms. The summed E-state index contributed by atoms with van der Waals surface area (Å²) in [5.74, 6) is 0.958. The van der Waals surface area contributed by atoms with Crippen LogP contribution in [0.2, 0.25) is 0 Å². The molecule has 1 atom stereocenters. The van der Waals surface area contributed by atoms with Gasteiger partial charge in [-0.15, -0.1) is 0 Å². The van der Waals surface area contributed by atoms with Gasteiger partial charge in [0.25, 0.3) is 0 Å². The molecule has 72 valence electrons. The zero-order chi connectivity index (χ0) is 9.10. The Balaban J connectivity index is 1.68. The van der Waals surface area contributed by atoms with Crippen LogP contribution in [-0.4, -0.2) is 22.4 Å². The van der Waals surface area contributed by atoms with Crippen molar-refractivity contribution in [2.24, 2.45) is 5.92 Å². The Labute approximate surface area is 79.1 Å². The lowest BCUT2D eigenvalue weighted by Gasteiger charge is -2.13. The second kappa shape index (κ2) is 3.92. The van der Waals surface area contributed by atoms with Gasteiger partial charge in [-0.3, -0.25) is 4.68 Å². The van der Waals surface area contributed by atoms with Crippen molar-refractivity contribution in [3.8, 4) is 0 Å². The molecule has 0 bridgehead atoms.